The molecule has 0 unspecified atom stereocenters. The highest BCUT2D eigenvalue weighted by Gasteiger charge is 2.17. The van der Waals surface area contributed by atoms with Crippen molar-refractivity contribution in [2.45, 2.75) is 6.54 Å². The molecule has 2 aromatic carbocycles. The SMILES string of the molecule is O=C(Oc1c(Cl)cccc1Cl)c1cn(Cc2ccccc2)nn1. The summed E-state index contributed by atoms with van der Waals surface area (Å²) in [6, 6.07) is 14.6. The van der Waals surface area contributed by atoms with Crippen LogP contribution in [0.25, 0.3) is 0 Å². The van der Waals surface area contributed by atoms with Crippen LogP contribution in [0.1, 0.15) is 16.1 Å². The normalized spacial score (nSPS) is 10.5. The molecule has 0 radical (unpaired) electrons. The van der Waals surface area contributed by atoms with E-state index in [9.17, 15) is 4.79 Å². The third kappa shape index (κ3) is 3.70. The Kier molecular flexibility index (Phi) is 4.60. The lowest BCUT2D eigenvalue weighted by molar-refractivity contribution is 0.0728. The number of rotatable bonds is 4. The number of hydrogen-bond acceptors (Lipinski definition) is 4. The summed E-state index contributed by atoms with van der Waals surface area (Å²) in [7, 11) is 0. The zero-order chi connectivity index (χ0) is 16.2. The van der Waals surface area contributed by atoms with Crippen molar-refractivity contribution in [1.82, 2.24) is 15.0 Å². The van der Waals surface area contributed by atoms with E-state index in [0.29, 0.717) is 6.54 Å². The number of para-hydroxylation sites is 1. The van der Waals surface area contributed by atoms with E-state index in [2.05, 4.69) is 10.3 Å². The Labute approximate surface area is 142 Å². The van der Waals surface area contributed by atoms with E-state index in [4.69, 9.17) is 27.9 Å². The summed E-state index contributed by atoms with van der Waals surface area (Å²) in [5, 5.41) is 8.24. The van der Waals surface area contributed by atoms with Gasteiger partial charge in [0, 0.05) is 0 Å². The molecule has 1 heterocycles. The average molecular weight is 348 g/mol. The highest BCUT2D eigenvalue weighted by Crippen LogP contribution is 2.32. The standard InChI is InChI=1S/C16H11Cl2N3O2/c17-12-7-4-8-13(18)15(12)23-16(22)14-10-21(20-19-14)9-11-5-2-1-3-6-11/h1-8,10H,9H2. The van der Waals surface area contributed by atoms with Crippen molar-refractivity contribution in [2.24, 2.45) is 0 Å². The Hall–Kier alpha value is -2.37. The van der Waals surface area contributed by atoms with Crippen LogP contribution >= 0.6 is 23.2 Å². The van der Waals surface area contributed by atoms with Crippen molar-refractivity contribution in [2.75, 3.05) is 0 Å². The number of ether oxygens (including phenoxy) is 1. The summed E-state index contributed by atoms with van der Waals surface area (Å²) in [6.07, 6.45) is 1.51. The lowest BCUT2D eigenvalue weighted by Crippen LogP contribution is -2.09. The van der Waals surface area contributed by atoms with Crippen molar-refractivity contribution in [3.63, 3.8) is 0 Å². The third-order valence-electron chi connectivity index (χ3n) is 3.05. The first-order valence-electron chi connectivity index (χ1n) is 6.74. The van der Waals surface area contributed by atoms with Crippen LogP contribution in [0.15, 0.2) is 54.7 Å². The van der Waals surface area contributed by atoms with Gasteiger partial charge in [-0.2, -0.15) is 0 Å². The van der Waals surface area contributed by atoms with Gasteiger partial charge in [-0.3, -0.25) is 0 Å². The van der Waals surface area contributed by atoms with Crippen LogP contribution in [0, 0.1) is 0 Å². The van der Waals surface area contributed by atoms with Crippen molar-refractivity contribution in [3.05, 3.63) is 76.0 Å². The molecule has 0 spiro atoms. The minimum Gasteiger partial charge on any atom is -0.419 e. The lowest BCUT2D eigenvalue weighted by Gasteiger charge is -2.05. The second-order valence-electron chi connectivity index (χ2n) is 4.73. The average Bonchev–Trinajstić information content (AvgIpc) is 3.00. The third-order valence-corrected chi connectivity index (χ3v) is 3.64. The molecule has 3 aromatic rings. The molecule has 0 aliphatic rings. The van der Waals surface area contributed by atoms with Gasteiger partial charge < -0.3 is 4.74 Å². The molecule has 0 fully saturated rings. The number of esters is 1. The molecular formula is C16H11Cl2N3O2. The van der Waals surface area contributed by atoms with Crippen LogP contribution in [0.4, 0.5) is 0 Å². The first-order chi connectivity index (χ1) is 11.1. The van der Waals surface area contributed by atoms with Crippen molar-refractivity contribution >= 4 is 29.2 Å². The van der Waals surface area contributed by atoms with Gasteiger partial charge in [0.2, 0.25) is 0 Å². The highest BCUT2D eigenvalue weighted by molar-refractivity contribution is 6.37. The second kappa shape index (κ2) is 6.81. The smallest absolute Gasteiger partial charge is 0.366 e. The van der Waals surface area contributed by atoms with Crippen molar-refractivity contribution in [1.29, 1.82) is 0 Å². The van der Waals surface area contributed by atoms with Crippen LogP contribution in [-0.2, 0) is 6.54 Å². The Morgan fingerprint density at radius 3 is 2.43 bits per heavy atom. The maximum Gasteiger partial charge on any atom is 0.366 e. The Morgan fingerprint density at radius 2 is 1.74 bits per heavy atom. The van der Waals surface area contributed by atoms with E-state index in [-0.39, 0.29) is 21.5 Å². The largest absolute Gasteiger partial charge is 0.419 e. The summed E-state index contributed by atoms with van der Waals surface area (Å²) < 4.78 is 6.76. The maximum atomic E-state index is 12.1. The number of hydrogen-bond donors (Lipinski definition) is 0. The zero-order valence-corrected chi connectivity index (χ0v) is 13.3. The zero-order valence-electron chi connectivity index (χ0n) is 11.8. The van der Waals surface area contributed by atoms with Gasteiger partial charge in [0.25, 0.3) is 0 Å². The number of carbonyl (C=O) groups is 1. The summed E-state index contributed by atoms with van der Waals surface area (Å²) in [4.78, 5) is 12.1. The molecule has 0 N–H and O–H groups in total. The highest BCUT2D eigenvalue weighted by atomic mass is 35.5. The van der Waals surface area contributed by atoms with Gasteiger partial charge in [-0.15, -0.1) is 5.10 Å². The lowest BCUT2D eigenvalue weighted by atomic mass is 10.2. The van der Waals surface area contributed by atoms with Crippen molar-refractivity contribution < 1.29 is 9.53 Å². The van der Waals surface area contributed by atoms with E-state index in [1.54, 1.807) is 22.9 Å². The number of carbonyl (C=O) groups excluding carboxylic acids is 1. The van der Waals surface area contributed by atoms with Crippen LogP contribution in [0.2, 0.25) is 10.0 Å². The van der Waals surface area contributed by atoms with Crippen LogP contribution < -0.4 is 4.74 Å². The predicted octanol–water partition coefficient (Wildman–Crippen LogP) is 3.85. The molecule has 0 atom stereocenters. The van der Waals surface area contributed by atoms with E-state index in [1.165, 1.54) is 6.20 Å². The van der Waals surface area contributed by atoms with Gasteiger partial charge in [0.05, 0.1) is 22.8 Å². The predicted molar refractivity (Wildman–Crippen MR) is 87.0 cm³/mol. The molecule has 0 aliphatic carbocycles. The van der Waals surface area contributed by atoms with Gasteiger partial charge in [0.1, 0.15) is 0 Å². The van der Waals surface area contributed by atoms with E-state index in [1.807, 2.05) is 30.3 Å². The Morgan fingerprint density at radius 1 is 1.04 bits per heavy atom. The number of nitrogens with zero attached hydrogens (tertiary/aromatic N) is 3. The first-order valence-corrected chi connectivity index (χ1v) is 7.49. The number of aromatic nitrogens is 3. The van der Waals surface area contributed by atoms with E-state index in [0.717, 1.165) is 5.56 Å². The van der Waals surface area contributed by atoms with Crippen LogP contribution in [-0.4, -0.2) is 21.0 Å². The number of halogens is 2. The van der Waals surface area contributed by atoms with Crippen molar-refractivity contribution in [3.8, 4) is 5.75 Å². The van der Waals surface area contributed by atoms with Crippen LogP contribution in [0.5, 0.6) is 5.75 Å². The summed E-state index contributed by atoms with van der Waals surface area (Å²) in [5.74, 6) is -0.558. The fourth-order valence-electron chi connectivity index (χ4n) is 1.96. The van der Waals surface area contributed by atoms with Gasteiger partial charge >= 0.3 is 5.97 Å². The van der Waals surface area contributed by atoms with E-state index >= 15 is 0 Å². The summed E-state index contributed by atoms with van der Waals surface area (Å²) in [6.45, 7) is 0.508. The molecule has 5 nitrogen and oxygen atoms in total. The molecule has 0 bridgehead atoms. The monoisotopic (exact) mass is 347 g/mol. The molecule has 0 aliphatic heterocycles. The number of benzene rings is 2. The van der Waals surface area contributed by atoms with Gasteiger partial charge in [0.15, 0.2) is 11.4 Å². The van der Waals surface area contributed by atoms with E-state index < -0.39 is 5.97 Å². The fraction of sp³-hybridized carbons (Fsp3) is 0.0625. The molecule has 0 saturated carbocycles. The summed E-state index contributed by atoms with van der Waals surface area (Å²) >= 11 is 11.9. The Balaban J connectivity index is 1.74. The fourth-order valence-corrected chi connectivity index (χ4v) is 2.44. The molecule has 0 amide bonds. The molecule has 1 aromatic heterocycles. The molecule has 116 valence electrons. The molecule has 3 rings (SSSR count). The molecule has 0 saturated heterocycles. The minimum absolute atomic E-state index is 0.0805. The van der Waals surface area contributed by atoms with Gasteiger partial charge in [-0.05, 0) is 17.7 Å². The first kappa shape index (κ1) is 15.5. The van der Waals surface area contributed by atoms with Gasteiger partial charge in [-0.1, -0.05) is 64.8 Å². The quantitative estimate of drug-likeness (QED) is 0.531. The molecule has 7 heteroatoms. The maximum absolute atomic E-state index is 12.1. The Bertz CT molecular complexity index is 814. The van der Waals surface area contributed by atoms with Crippen LogP contribution in [0.3, 0.4) is 0 Å². The summed E-state index contributed by atoms with van der Waals surface area (Å²) in [5.41, 5.74) is 1.13. The second-order valence-corrected chi connectivity index (χ2v) is 5.54. The topological polar surface area (TPSA) is 57.0 Å². The molecule has 23 heavy (non-hydrogen) atoms. The minimum atomic E-state index is -0.667. The van der Waals surface area contributed by atoms with Gasteiger partial charge in [-0.25, -0.2) is 9.48 Å². The molecular weight excluding hydrogens is 337 g/mol.